The molecule has 0 amide bonds. The van der Waals surface area contributed by atoms with Gasteiger partial charge in [-0.05, 0) is 46.4 Å². The second-order valence-corrected chi connectivity index (χ2v) is 7.33. The average Bonchev–Trinajstić information content (AvgIpc) is 2.46. The number of hydrazone groups is 1. The third-order valence-electron chi connectivity index (χ3n) is 3.66. The third-order valence-corrected chi connectivity index (χ3v) is 4.75. The smallest absolute Gasteiger partial charge is 0.114 e. The van der Waals surface area contributed by atoms with Crippen LogP contribution >= 0.6 is 11.8 Å². The summed E-state index contributed by atoms with van der Waals surface area (Å²) in [6, 6.07) is 10.4. The maximum atomic E-state index is 4.72. The summed E-state index contributed by atoms with van der Waals surface area (Å²) in [5, 5.41) is 5.85. The molecule has 0 aliphatic heterocycles. The van der Waals surface area contributed by atoms with E-state index in [0.29, 0.717) is 0 Å². The third kappa shape index (κ3) is 5.63. The van der Waals surface area contributed by atoms with Crippen LogP contribution in [0.3, 0.4) is 0 Å². The second-order valence-electron chi connectivity index (χ2n) is 6.08. The first kappa shape index (κ1) is 19.0. The van der Waals surface area contributed by atoms with Gasteiger partial charge < -0.3 is 10.3 Å². The number of rotatable bonds is 8. The largest absolute Gasteiger partial charge is 0.307 e. The van der Waals surface area contributed by atoms with Gasteiger partial charge in [-0.1, -0.05) is 37.3 Å². The number of hydrogen-bond donors (Lipinski definition) is 1. The monoisotopic (exact) mass is 322 g/mol. The fourth-order valence-electron chi connectivity index (χ4n) is 2.26. The van der Waals surface area contributed by atoms with Crippen molar-refractivity contribution in [2.75, 3.05) is 40.5 Å². The summed E-state index contributed by atoms with van der Waals surface area (Å²) in [5.74, 6) is 1.02. The summed E-state index contributed by atoms with van der Waals surface area (Å²) >= 11 is 1.81. The minimum absolute atomic E-state index is 0.103. The summed E-state index contributed by atoms with van der Waals surface area (Å²) in [6.45, 7) is 6.10. The van der Waals surface area contributed by atoms with E-state index in [-0.39, 0.29) is 5.54 Å². The van der Waals surface area contributed by atoms with Gasteiger partial charge in [0.2, 0.25) is 0 Å². The number of benzene rings is 1. The lowest BCUT2D eigenvalue weighted by molar-refractivity contribution is 0.196. The SMILES string of the molecule is CCS/C(=N/NCc1ccccc1)C(C)(CN(C)C)N(C)C. The van der Waals surface area contributed by atoms with Crippen molar-refractivity contribution in [3.8, 4) is 0 Å². The Morgan fingerprint density at radius 3 is 2.32 bits per heavy atom. The maximum Gasteiger partial charge on any atom is 0.114 e. The number of hydrogen-bond acceptors (Lipinski definition) is 5. The number of nitrogens with one attached hydrogen (secondary N) is 1. The molecular formula is C17H30N4S. The van der Waals surface area contributed by atoms with Crippen LogP contribution in [0.2, 0.25) is 0 Å². The molecule has 1 aromatic carbocycles. The normalized spacial score (nSPS) is 15.2. The van der Waals surface area contributed by atoms with Gasteiger partial charge in [0.1, 0.15) is 5.04 Å². The summed E-state index contributed by atoms with van der Waals surface area (Å²) in [7, 11) is 8.44. The Bertz CT molecular complexity index is 459. The number of likely N-dealkylation sites (N-methyl/N-ethyl adjacent to an activating group) is 2. The van der Waals surface area contributed by atoms with Crippen LogP contribution in [0.5, 0.6) is 0 Å². The Morgan fingerprint density at radius 2 is 1.82 bits per heavy atom. The van der Waals surface area contributed by atoms with E-state index in [1.807, 2.05) is 17.8 Å². The molecule has 22 heavy (non-hydrogen) atoms. The molecule has 0 spiro atoms. The van der Waals surface area contributed by atoms with Crippen molar-refractivity contribution in [3.63, 3.8) is 0 Å². The van der Waals surface area contributed by atoms with Gasteiger partial charge in [0, 0.05) is 6.54 Å². The van der Waals surface area contributed by atoms with Crippen LogP contribution in [0.15, 0.2) is 35.4 Å². The molecule has 0 aliphatic rings. The van der Waals surface area contributed by atoms with Gasteiger partial charge in [-0.2, -0.15) is 5.10 Å². The van der Waals surface area contributed by atoms with Crippen molar-refractivity contribution in [1.29, 1.82) is 0 Å². The van der Waals surface area contributed by atoms with Gasteiger partial charge in [-0.3, -0.25) is 4.90 Å². The van der Waals surface area contributed by atoms with E-state index in [1.54, 1.807) is 0 Å². The van der Waals surface area contributed by atoms with Crippen LogP contribution in [-0.2, 0) is 6.54 Å². The van der Waals surface area contributed by atoms with Crippen molar-refractivity contribution in [1.82, 2.24) is 15.2 Å². The fraction of sp³-hybridized carbons (Fsp3) is 0.588. The summed E-state index contributed by atoms with van der Waals surface area (Å²) in [5.41, 5.74) is 4.38. The molecular weight excluding hydrogens is 292 g/mol. The van der Waals surface area contributed by atoms with E-state index in [2.05, 4.69) is 81.5 Å². The Labute approximate surface area is 140 Å². The predicted octanol–water partition coefficient (Wildman–Crippen LogP) is 2.72. The lowest BCUT2D eigenvalue weighted by Crippen LogP contribution is -2.54. The first-order valence-electron chi connectivity index (χ1n) is 7.70. The highest BCUT2D eigenvalue weighted by Crippen LogP contribution is 2.23. The zero-order valence-electron chi connectivity index (χ0n) is 14.8. The van der Waals surface area contributed by atoms with Crippen LogP contribution < -0.4 is 5.43 Å². The molecule has 1 rings (SSSR count). The quantitative estimate of drug-likeness (QED) is 0.453. The highest BCUT2D eigenvalue weighted by molar-refractivity contribution is 8.14. The molecule has 0 saturated carbocycles. The molecule has 0 fully saturated rings. The van der Waals surface area contributed by atoms with E-state index in [0.717, 1.165) is 23.9 Å². The number of nitrogens with zero attached hydrogens (tertiary/aromatic N) is 3. The molecule has 0 aliphatic carbocycles. The first-order chi connectivity index (χ1) is 10.4. The van der Waals surface area contributed by atoms with Crippen LogP contribution in [0.4, 0.5) is 0 Å². The van der Waals surface area contributed by atoms with Gasteiger partial charge in [0.15, 0.2) is 0 Å². The first-order valence-corrected chi connectivity index (χ1v) is 8.68. The molecule has 5 heteroatoms. The molecule has 0 radical (unpaired) electrons. The molecule has 1 unspecified atom stereocenters. The van der Waals surface area contributed by atoms with Crippen molar-refractivity contribution < 1.29 is 0 Å². The molecule has 1 N–H and O–H groups in total. The van der Waals surface area contributed by atoms with Crippen molar-refractivity contribution in [3.05, 3.63) is 35.9 Å². The van der Waals surface area contributed by atoms with E-state index in [1.165, 1.54) is 5.56 Å². The molecule has 0 aromatic heterocycles. The van der Waals surface area contributed by atoms with Crippen LogP contribution in [0.25, 0.3) is 0 Å². The van der Waals surface area contributed by atoms with Gasteiger partial charge in [-0.25, -0.2) is 0 Å². The van der Waals surface area contributed by atoms with Gasteiger partial charge in [-0.15, -0.1) is 11.8 Å². The molecule has 1 aromatic rings. The molecule has 4 nitrogen and oxygen atoms in total. The van der Waals surface area contributed by atoms with Crippen LogP contribution in [0.1, 0.15) is 19.4 Å². The molecule has 1 atom stereocenters. The maximum absolute atomic E-state index is 4.72. The lowest BCUT2D eigenvalue weighted by atomic mass is 10.0. The molecule has 0 bridgehead atoms. The summed E-state index contributed by atoms with van der Waals surface area (Å²) < 4.78 is 0. The predicted molar refractivity (Wildman–Crippen MR) is 99.5 cm³/mol. The Kier molecular flexibility index (Phi) is 7.93. The summed E-state index contributed by atoms with van der Waals surface area (Å²) in [6.07, 6.45) is 0. The van der Waals surface area contributed by atoms with Gasteiger partial charge in [0.05, 0.1) is 12.1 Å². The highest BCUT2D eigenvalue weighted by Gasteiger charge is 2.34. The van der Waals surface area contributed by atoms with Crippen molar-refractivity contribution >= 4 is 16.8 Å². The summed E-state index contributed by atoms with van der Waals surface area (Å²) in [4.78, 5) is 4.46. The second kappa shape index (κ2) is 9.18. The highest BCUT2D eigenvalue weighted by atomic mass is 32.2. The van der Waals surface area contributed by atoms with E-state index < -0.39 is 0 Å². The average molecular weight is 323 g/mol. The molecule has 0 saturated heterocycles. The zero-order chi connectivity index (χ0) is 16.6. The van der Waals surface area contributed by atoms with E-state index in [9.17, 15) is 0 Å². The van der Waals surface area contributed by atoms with Crippen molar-refractivity contribution in [2.45, 2.75) is 25.9 Å². The lowest BCUT2D eigenvalue weighted by Gasteiger charge is -2.39. The number of thioether (sulfide) groups is 1. The van der Waals surface area contributed by atoms with Gasteiger partial charge in [0.25, 0.3) is 0 Å². The topological polar surface area (TPSA) is 30.9 Å². The Morgan fingerprint density at radius 1 is 1.18 bits per heavy atom. The minimum atomic E-state index is -0.103. The van der Waals surface area contributed by atoms with Crippen molar-refractivity contribution in [2.24, 2.45) is 5.10 Å². The fourth-order valence-corrected chi connectivity index (χ4v) is 3.22. The van der Waals surface area contributed by atoms with E-state index in [4.69, 9.17) is 5.10 Å². The van der Waals surface area contributed by atoms with E-state index >= 15 is 0 Å². The van der Waals surface area contributed by atoms with Crippen LogP contribution in [-0.4, -0.2) is 60.9 Å². The molecule has 0 heterocycles. The minimum Gasteiger partial charge on any atom is -0.307 e. The molecule has 124 valence electrons. The zero-order valence-corrected chi connectivity index (χ0v) is 15.6. The Balaban J connectivity index is 2.86. The van der Waals surface area contributed by atoms with Gasteiger partial charge >= 0.3 is 0 Å². The standard InChI is InChI=1S/C17H30N4S/c1-7-22-16(17(2,21(5)6)14-20(3)4)19-18-13-15-11-9-8-10-12-15/h8-12,18H,7,13-14H2,1-6H3/b19-16+. The Hall–Kier alpha value is -1.04. The van der Waals surface area contributed by atoms with Crippen LogP contribution in [0, 0.1) is 0 Å².